The normalized spacial score (nSPS) is 10.9. The van der Waals surface area contributed by atoms with Gasteiger partial charge in [0.05, 0.1) is 32.2 Å². The maximum Gasteiger partial charge on any atom is 0.277 e. The molecule has 0 fully saturated rings. The summed E-state index contributed by atoms with van der Waals surface area (Å²) in [7, 11) is 1.77. The van der Waals surface area contributed by atoms with Crippen molar-refractivity contribution >= 4 is 57.7 Å². The number of aromatic nitrogens is 4. The summed E-state index contributed by atoms with van der Waals surface area (Å²) < 4.78 is 0. The van der Waals surface area contributed by atoms with E-state index in [1.165, 1.54) is 17.9 Å². The lowest BCUT2D eigenvalue weighted by molar-refractivity contribution is 0.0705. The van der Waals surface area contributed by atoms with Crippen LogP contribution >= 0.6 is 23.2 Å². The van der Waals surface area contributed by atoms with Crippen LogP contribution in [0.1, 0.15) is 26.3 Å². The molecule has 10 nitrogen and oxygen atoms in total. The van der Waals surface area contributed by atoms with Crippen LogP contribution in [0.25, 0.3) is 22.4 Å². The molecule has 4 N–H and O–H groups in total. The quantitative estimate of drug-likeness (QED) is 0.155. The maximum atomic E-state index is 13.0. The Bertz CT molecular complexity index is 1660. The predicted octanol–water partition coefficient (Wildman–Crippen LogP) is 5.33. The fraction of sp³-hybridized carbons (Fsp3) is 0.0741. The Kier molecular flexibility index (Phi) is 7.42. The van der Waals surface area contributed by atoms with E-state index in [1.54, 1.807) is 48.3 Å². The number of hydroxylamine groups is 1. The third-order valence-electron chi connectivity index (χ3n) is 5.91. The minimum absolute atomic E-state index is 0.124. The highest BCUT2D eigenvalue weighted by atomic mass is 35.5. The molecule has 0 saturated heterocycles. The molecule has 0 radical (unpaired) electrons. The summed E-state index contributed by atoms with van der Waals surface area (Å²) in [6.45, 7) is 0.394. The minimum atomic E-state index is -0.700. The number of amides is 2. The van der Waals surface area contributed by atoms with Gasteiger partial charge < -0.3 is 15.2 Å². The number of carbonyl (C=O) groups excluding carboxylic acids is 2. The second kappa shape index (κ2) is 11.1. The van der Waals surface area contributed by atoms with Crippen LogP contribution in [0.2, 0.25) is 10.0 Å². The number of hydrogen-bond donors (Lipinski definition) is 4. The van der Waals surface area contributed by atoms with E-state index < -0.39 is 5.91 Å². The van der Waals surface area contributed by atoms with Gasteiger partial charge in [0.2, 0.25) is 5.95 Å². The number of benzene rings is 3. The van der Waals surface area contributed by atoms with Crippen molar-refractivity contribution in [3.05, 3.63) is 99.8 Å². The SMILES string of the molecule is CN(Cc1ccc(C(=O)Nc2ccc(Cl)c(-c3nc4ccccc4[nH]3)c2)c(Cl)c1)c1ncc(C(=O)NO)cn1. The van der Waals surface area contributed by atoms with Gasteiger partial charge >= 0.3 is 0 Å². The molecule has 2 aromatic heterocycles. The number of hydrogen-bond acceptors (Lipinski definition) is 7. The third-order valence-corrected chi connectivity index (χ3v) is 6.55. The summed E-state index contributed by atoms with van der Waals surface area (Å²) in [5.74, 6) is -0.113. The molecule has 5 aromatic rings. The van der Waals surface area contributed by atoms with Crippen LogP contribution in [-0.2, 0) is 6.54 Å². The number of carbonyl (C=O) groups is 2. The molecule has 0 spiro atoms. The Hall–Kier alpha value is -4.51. The van der Waals surface area contributed by atoms with Crippen molar-refractivity contribution in [3.63, 3.8) is 0 Å². The number of anilines is 2. The fourth-order valence-electron chi connectivity index (χ4n) is 3.95. The smallest absolute Gasteiger partial charge is 0.277 e. The number of H-pyrrole nitrogens is 1. The minimum Gasteiger partial charge on any atom is -0.340 e. The first-order valence-corrected chi connectivity index (χ1v) is 12.4. The second-order valence-electron chi connectivity index (χ2n) is 8.63. The third kappa shape index (κ3) is 5.68. The zero-order chi connectivity index (χ0) is 27.5. The van der Waals surface area contributed by atoms with E-state index in [1.807, 2.05) is 24.3 Å². The average Bonchev–Trinajstić information content (AvgIpc) is 3.38. The zero-order valence-corrected chi connectivity index (χ0v) is 22.0. The highest BCUT2D eigenvalue weighted by molar-refractivity contribution is 6.35. The molecule has 0 aliphatic heterocycles. The molecule has 196 valence electrons. The van der Waals surface area contributed by atoms with E-state index in [0.29, 0.717) is 40.2 Å². The Morgan fingerprint density at radius 3 is 2.46 bits per heavy atom. The highest BCUT2D eigenvalue weighted by Crippen LogP contribution is 2.31. The molecule has 3 aromatic carbocycles. The van der Waals surface area contributed by atoms with Gasteiger partial charge in [0, 0.05) is 37.2 Å². The second-order valence-corrected chi connectivity index (χ2v) is 9.45. The molecule has 0 aliphatic rings. The molecule has 0 bridgehead atoms. The van der Waals surface area contributed by atoms with E-state index >= 15 is 0 Å². The number of imidazole rings is 1. The largest absolute Gasteiger partial charge is 0.340 e. The van der Waals surface area contributed by atoms with Gasteiger partial charge in [-0.15, -0.1) is 0 Å². The molecule has 2 heterocycles. The van der Waals surface area contributed by atoms with E-state index in [4.69, 9.17) is 28.4 Å². The molecule has 0 atom stereocenters. The lowest BCUT2D eigenvalue weighted by atomic mass is 10.1. The highest BCUT2D eigenvalue weighted by Gasteiger charge is 2.16. The summed E-state index contributed by atoms with van der Waals surface area (Å²) in [6, 6.07) is 17.9. The van der Waals surface area contributed by atoms with Gasteiger partial charge in [0.1, 0.15) is 5.82 Å². The van der Waals surface area contributed by atoms with Gasteiger partial charge in [-0.2, -0.15) is 0 Å². The van der Waals surface area contributed by atoms with E-state index in [2.05, 4.69) is 25.3 Å². The van der Waals surface area contributed by atoms with Gasteiger partial charge in [-0.05, 0) is 48.0 Å². The number of nitrogens with one attached hydrogen (secondary N) is 3. The first kappa shape index (κ1) is 26.1. The van der Waals surface area contributed by atoms with Crippen LogP contribution in [0.3, 0.4) is 0 Å². The Morgan fingerprint density at radius 1 is 0.974 bits per heavy atom. The summed E-state index contributed by atoms with van der Waals surface area (Å²) in [6.07, 6.45) is 2.61. The van der Waals surface area contributed by atoms with Crippen molar-refractivity contribution in [2.24, 2.45) is 0 Å². The molecule has 2 amide bonds. The van der Waals surface area contributed by atoms with Gasteiger partial charge in [0.15, 0.2) is 0 Å². The van der Waals surface area contributed by atoms with Gasteiger partial charge in [0.25, 0.3) is 11.8 Å². The van der Waals surface area contributed by atoms with E-state index in [9.17, 15) is 9.59 Å². The fourth-order valence-corrected chi connectivity index (χ4v) is 4.45. The summed E-state index contributed by atoms with van der Waals surface area (Å²) in [5, 5.41) is 12.4. The molecular formula is C27H21Cl2N7O3. The number of halogens is 2. The van der Waals surface area contributed by atoms with Crippen LogP contribution in [0.4, 0.5) is 11.6 Å². The van der Waals surface area contributed by atoms with Crippen LogP contribution in [-0.4, -0.2) is 44.0 Å². The van der Waals surface area contributed by atoms with Crippen LogP contribution < -0.4 is 15.7 Å². The number of nitrogens with zero attached hydrogens (tertiary/aromatic N) is 4. The van der Waals surface area contributed by atoms with Crippen molar-refractivity contribution in [2.75, 3.05) is 17.3 Å². The lowest BCUT2D eigenvalue weighted by Gasteiger charge is -2.17. The summed E-state index contributed by atoms with van der Waals surface area (Å²) >= 11 is 12.9. The van der Waals surface area contributed by atoms with Crippen molar-refractivity contribution in [1.29, 1.82) is 0 Å². The first-order chi connectivity index (χ1) is 18.8. The predicted molar refractivity (Wildman–Crippen MR) is 149 cm³/mol. The lowest BCUT2D eigenvalue weighted by Crippen LogP contribution is -2.22. The zero-order valence-electron chi connectivity index (χ0n) is 20.4. The van der Waals surface area contributed by atoms with Crippen LogP contribution in [0.5, 0.6) is 0 Å². The number of rotatable bonds is 7. The average molecular weight is 562 g/mol. The molecule has 39 heavy (non-hydrogen) atoms. The molecule has 5 rings (SSSR count). The molecule has 0 unspecified atom stereocenters. The Labute approximate surface area is 232 Å². The molecule has 12 heteroatoms. The molecular weight excluding hydrogens is 541 g/mol. The topological polar surface area (TPSA) is 136 Å². The van der Waals surface area contributed by atoms with Crippen molar-refractivity contribution in [1.82, 2.24) is 25.4 Å². The standard InChI is InChI=1S/C27H21Cl2N7O3/c1-36(27-30-12-16(13-31-27)25(37)35-39)14-15-6-8-18(21(29)10-15)26(38)32-17-7-9-20(28)19(11-17)24-33-22-4-2-3-5-23(22)34-24/h2-13,39H,14H2,1H3,(H,32,38)(H,33,34)(H,35,37). The monoisotopic (exact) mass is 561 g/mol. The molecule has 0 aliphatic carbocycles. The Morgan fingerprint density at radius 2 is 1.74 bits per heavy atom. The van der Waals surface area contributed by atoms with Crippen molar-refractivity contribution in [3.8, 4) is 11.4 Å². The number of fused-ring (bicyclic) bond motifs is 1. The van der Waals surface area contributed by atoms with Gasteiger partial charge in [-0.3, -0.25) is 14.8 Å². The van der Waals surface area contributed by atoms with E-state index in [0.717, 1.165) is 16.6 Å². The van der Waals surface area contributed by atoms with Gasteiger partial charge in [-0.1, -0.05) is 41.4 Å². The van der Waals surface area contributed by atoms with E-state index in [-0.39, 0.29) is 16.5 Å². The summed E-state index contributed by atoms with van der Waals surface area (Å²) in [4.78, 5) is 42.3. The number of aromatic amines is 1. The maximum absolute atomic E-state index is 13.0. The summed E-state index contributed by atoms with van der Waals surface area (Å²) in [5.41, 5.74) is 5.67. The number of para-hydroxylation sites is 2. The van der Waals surface area contributed by atoms with Crippen molar-refractivity contribution in [2.45, 2.75) is 6.54 Å². The molecule has 0 saturated carbocycles. The van der Waals surface area contributed by atoms with Crippen LogP contribution in [0.15, 0.2) is 73.1 Å². The van der Waals surface area contributed by atoms with Crippen molar-refractivity contribution < 1.29 is 14.8 Å². The van der Waals surface area contributed by atoms with Gasteiger partial charge in [-0.25, -0.2) is 20.4 Å². The first-order valence-electron chi connectivity index (χ1n) is 11.6. The van der Waals surface area contributed by atoms with Crippen LogP contribution in [0, 0.1) is 0 Å². The Balaban J connectivity index is 1.29.